The first kappa shape index (κ1) is 25.9. The van der Waals surface area contributed by atoms with E-state index in [1.165, 1.54) is 6.42 Å². The molecule has 0 amide bonds. The van der Waals surface area contributed by atoms with Crippen LogP contribution in [0.5, 0.6) is 0 Å². The lowest BCUT2D eigenvalue weighted by molar-refractivity contribution is -0.256. The van der Waals surface area contributed by atoms with Crippen LogP contribution < -0.4 is 0 Å². The normalized spacial score (nSPS) is 47.8. The van der Waals surface area contributed by atoms with Gasteiger partial charge in [-0.25, -0.2) is 9.59 Å². The quantitative estimate of drug-likeness (QED) is 0.375. The summed E-state index contributed by atoms with van der Waals surface area (Å²) in [6.07, 6.45) is 8.66. The van der Waals surface area contributed by atoms with Gasteiger partial charge in [0.1, 0.15) is 17.8 Å². The van der Waals surface area contributed by atoms with Crippen LogP contribution in [0, 0.1) is 41.4 Å². The zero-order valence-electron chi connectivity index (χ0n) is 21.3. The fourth-order valence-electron chi connectivity index (χ4n) is 9.60. The molecule has 8 aliphatic carbocycles. The maximum Gasteiger partial charge on any atom is 0.465 e. The fraction of sp³-hybridized carbons (Fsp3) is 0.923. The van der Waals surface area contributed by atoms with Gasteiger partial charge >= 0.3 is 27.3 Å². The summed E-state index contributed by atoms with van der Waals surface area (Å²) in [6, 6.07) is 0. The van der Waals surface area contributed by atoms with E-state index in [0.717, 1.165) is 43.9 Å². The van der Waals surface area contributed by atoms with Crippen LogP contribution in [-0.2, 0) is 33.9 Å². The molecule has 8 rings (SSSR count). The average molecular weight is 547 g/mol. The number of hydrogen-bond acceptors (Lipinski definition) is 7. The zero-order chi connectivity index (χ0) is 26.6. The average Bonchev–Trinajstić information content (AvgIpc) is 2.78. The Morgan fingerprint density at radius 2 is 1.30 bits per heavy atom. The van der Waals surface area contributed by atoms with Crippen LogP contribution in [0.2, 0.25) is 0 Å². The van der Waals surface area contributed by atoms with Gasteiger partial charge in [-0.05, 0) is 108 Å². The third kappa shape index (κ3) is 3.96. The third-order valence-electron chi connectivity index (χ3n) is 11.2. The molecule has 0 aromatic heterocycles. The predicted octanol–water partition coefficient (Wildman–Crippen LogP) is 4.12. The second-order valence-corrected chi connectivity index (χ2v) is 14.8. The molecule has 2 unspecified atom stereocenters. The molecule has 0 aromatic carbocycles. The molecule has 0 saturated heterocycles. The molecular weight excluding hydrogens is 510 g/mol. The van der Waals surface area contributed by atoms with Crippen LogP contribution in [0.15, 0.2) is 0 Å². The van der Waals surface area contributed by atoms with Gasteiger partial charge in [0.2, 0.25) is 0 Å². The number of hydrogen-bond donors (Lipinski definition) is 1. The van der Waals surface area contributed by atoms with Gasteiger partial charge in [0.25, 0.3) is 0 Å². The highest BCUT2D eigenvalue weighted by atomic mass is 32.2. The molecule has 1 N–H and O–H groups in total. The summed E-state index contributed by atoms with van der Waals surface area (Å²) in [7, 11) is -5.94. The number of alkyl halides is 2. The summed E-state index contributed by atoms with van der Waals surface area (Å²) in [4.78, 5) is 25.2. The minimum Gasteiger partial charge on any atom is -0.457 e. The summed E-state index contributed by atoms with van der Waals surface area (Å²) < 4.78 is 76.3. The van der Waals surface area contributed by atoms with Crippen molar-refractivity contribution in [2.75, 3.05) is 6.61 Å². The van der Waals surface area contributed by atoms with Crippen molar-refractivity contribution in [3.63, 3.8) is 0 Å². The minimum atomic E-state index is -5.94. The molecule has 37 heavy (non-hydrogen) atoms. The van der Waals surface area contributed by atoms with Gasteiger partial charge in [-0.15, -0.1) is 0 Å². The zero-order valence-corrected chi connectivity index (χ0v) is 22.1. The molecule has 208 valence electrons. The Morgan fingerprint density at radius 3 is 1.81 bits per heavy atom. The van der Waals surface area contributed by atoms with Crippen molar-refractivity contribution < 1.29 is 45.6 Å². The number of ether oxygens (including phenoxy) is 3. The van der Waals surface area contributed by atoms with Crippen molar-refractivity contribution >= 4 is 22.1 Å². The minimum absolute atomic E-state index is 0.175. The molecular formula is C26H36F2O8S. The number of carbonyl (C=O) groups excluding carboxylic acids is 2. The van der Waals surface area contributed by atoms with Gasteiger partial charge in [0.05, 0.1) is 5.60 Å². The highest BCUT2D eigenvalue weighted by Gasteiger charge is 2.65. The van der Waals surface area contributed by atoms with Crippen molar-refractivity contribution in [1.82, 2.24) is 0 Å². The summed E-state index contributed by atoms with van der Waals surface area (Å²) in [6.45, 7) is 3.48. The van der Waals surface area contributed by atoms with Crippen LogP contribution >= 0.6 is 0 Å². The van der Waals surface area contributed by atoms with Crippen LogP contribution in [-0.4, -0.2) is 53.6 Å². The molecule has 8 aliphatic rings. The van der Waals surface area contributed by atoms with Gasteiger partial charge in [-0.3, -0.25) is 4.55 Å². The van der Waals surface area contributed by atoms with E-state index in [1.807, 2.05) is 0 Å². The summed E-state index contributed by atoms with van der Waals surface area (Å²) in [5.74, 6) is -0.691. The maximum atomic E-state index is 13.9. The molecule has 0 spiro atoms. The Balaban J connectivity index is 1.11. The lowest BCUT2D eigenvalue weighted by Gasteiger charge is -2.63. The first-order valence-corrected chi connectivity index (χ1v) is 15.0. The number of esters is 2. The van der Waals surface area contributed by atoms with E-state index < -0.39 is 38.1 Å². The van der Waals surface area contributed by atoms with Crippen LogP contribution in [0.4, 0.5) is 8.78 Å². The largest absolute Gasteiger partial charge is 0.465 e. The van der Waals surface area contributed by atoms with E-state index >= 15 is 0 Å². The third-order valence-corrected chi connectivity index (χ3v) is 12.0. The van der Waals surface area contributed by atoms with Crippen molar-refractivity contribution in [2.45, 2.75) is 100 Å². The van der Waals surface area contributed by atoms with Crippen LogP contribution in [0.3, 0.4) is 0 Å². The Morgan fingerprint density at radius 1 is 0.811 bits per heavy atom. The fourth-order valence-corrected chi connectivity index (χ4v) is 9.85. The van der Waals surface area contributed by atoms with Crippen LogP contribution in [0.1, 0.15) is 78.1 Å². The molecule has 0 radical (unpaired) electrons. The summed E-state index contributed by atoms with van der Waals surface area (Å²) in [5.41, 5.74) is -2.37. The second-order valence-electron chi connectivity index (χ2n) is 13.3. The van der Waals surface area contributed by atoms with Crippen molar-refractivity contribution in [1.29, 1.82) is 0 Å². The number of halogens is 2. The molecule has 11 heteroatoms. The maximum absolute atomic E-state index is 13.9. The number of rotatable bonds is 7. The topological polar surface area (TPSA) is 116 Å². The van der Waals surface area contributed by atoms with E-state index in [-0.39, 0.29) is 30.3 Å². The summed E-state index contributed by atoms with van der Waals surface area (Å²) >= 11 is 0. The Hall–Kier alpha value is -1.33. The first-order valence-electron chi connectivity index (χ1n) is 13.6. The van der Waals surface area contributed by atoms with Gasteiger partial charge in [0.15, 0.2) is 0 Å². The SMILES string of the molecule is CC1(OC(=O)COC23CC4CC(C2)C(C)(OC(=O)C(F)(F)S(=O)(=O)O)C(C4)C3)C2CC3CC(C2)CC1C3. The van der Waals surface area contributed by atoms with E-state index in [2.05, 4.69) is 6.92 Å². The van der Waals surface area contributed by atoms with Crippen molar-refractivity contribution in [3.8, 4) is 0 Å². The highest BCUT2D eigenvalue weighted by molar-refractivity contribution is 7.87. The lowest BCUT2D eigenvalue weighted by atomic mass is 9.48. The van der Waals surface area contributed by atoms with Gasteiger partial charge in [-0.1, -0.05) is 0 Å². The predicted molar refractivity (Wildman–Crippen MR) is 125 cm³/mol. The molecule has 0 aliphatic heterocycles. The molecule has 2 atom stereocenters. The molecule has 8 fully saturated rings. The first-order chi connectivity index (χ1) is 17.1. The van der Waals surface area contributed by atoms with Crippen molar-refractivity contribution in [3.05, 3.63) is 0 Å². The Bertz CT molecular complexity index is 1060. The van der Waals surface area contributed by atoms with E-state index in [0.29, 0.717) is 37.5 Å². The Labute approximate surface area is 215 Å². The molecule has 0 aromatic rings. The van der Waals surface area contributed by atoms with E-state index in [4.69, 9.17) is 18.8 Å². The summed E-state index contributed by atoms with van der Waals surface area (Å²) in [5, 5.41) is -5.03. The van der Waals surface area contributed by atoms with Crippen molar-refractivity contribution in [2.24, 2.45) is 41.4 Å². The molecule has 8 bridgehead atoms. The van der Waals surface area contributed by atoms with Crippen LogP contribution in [0.25, 0.3) is 0 Å². The second kappa shape index (κ2) is 8.10. The molecule has 8 nitrogen and oxygen atoms in total. The Kier molecular flexibility index (Phi) is 5.67. The smallest absolute Gasteiger partial charge is 0.457 e. The molecule has 0 heterocycles. The number of carbonyl (C=O) groups is 2. The lowest BCUT2D eigenvalue weighted by Crippen LogP contribution is -2.65. The highest BCUT2D eigenvalue weighted by Crippen LogP contribution is 2.63. The van der Waals surface area contributed by atoms with E-state index in [9.17, 15) is 26.8 Å². The van der Waals surface area contributed by atoms with Gasteiger partial charge < -0.3 is 14.2 Å². The molecule has 8 saturated carbocycles. The van der Waals surface area contributed by atoms with Gasteiger partial charge in [0, 0.05) is 11.8 Å². The van der Waals surface area contributed by atoms with Gasteiger partial charge in [-0.2, -0.15) is 17.2 Å². The monoisotopic (exact) mass is 546 g/mol. The standard InChI is InChI=1S/C26H36F2O8S/c1-23(17-4-14-3-15(6-17)7-18(23)5-14)35-21(29)13-34-25-10-16-8-19(11-25)24(2,20(9-16)12-25)36-22(30)26(27,28)37(31,32)33/h14-20H,3-13H2,1-2H3,(H,31,32,33). The van der Waals surface area contributed by atoms with E-state index in [1.54, 1.807) is 6.92 Å².